The summed E-state index contributed by atoms with van der Waals surface area (Å²) in [6, 6.07) is 0. The Hall–Kier alpha value is -1.76. The zero-order valence-corrected chi connectivity index (χ0v) is 10.1. The fraction of sp³-hybridized carbons (Fsp3) is 0.455. The van der Waals surface area contributed by atoms with Gasteiger partial charge in [-0.25, -0.2) is 13.8 Å². The molecule has 1 aromatic heterocycles. The Morgan fingerprint density at radius 3 is 2.61 bits per heavy atom. The molecule has 1 aromatic rings. The molecule has 7 heteroatoms. The molecule has 0 aliphatic heterocycles. The maximum atomic E-state index is 13.1. The van der Waals surface area contributed by atoms with Gasteiger partial charge < -0.3 is 15.2 Å². The number of halogens is 2. The highest BCUT2D eigenvalue weighted by molar-refractivity contribution is 5.74. The van der Waals surface area contributed by atoms with Crippen molar-refractivity contribution in [3.05, 3.63) is 22.9 Å². The Morgan fingerprint density at radius 2 is 2.17 bits per heavy atom. The second kappa shape index (κ2) is 6.25. The molecule has 0 saturated carbocycles. The second-order valence-corrected chi connectivity index (χ2v) is 3.44. The topological polar surface area (TPSA) is 74.4 Å². The molecule has 0 fully saturated rings. The zero-order chi connectivity index (χ0) is 13.7. The molecular formula is C11H14F2N2O3. The van der Waals surface area contributed by atoms with Gasteiger partial charge in [-0.3, -0.25) is 4.79 Å². The van der Waals surface area contributed by atoms with Crippen molar-refractivity contribution in [1.82, 2.24) is 4.98 Å². The first-order valence-corrected chi connectivity index (χ1v) is 5.14. The van der Waals surface area contributed by atoms with E-state index in [1.165, 1.54) is 20.4 Å². The number of carbonyl (C=O) groups excluding carboxylic acids is 1. The van der Waals surface area contributed by atoms with Gasteiger partial charge in [0.1, 0.15) is 0 Å². The first-order valence-electron chi connectivity index (χ1n) is 5.14. The lowest BCUT2D eigenvalue weighted by atomic mass is 10.0. The number of nitrogens with two attached hydrogens (primary N) is 1. The highest BCUT2D eigenvalue weighted by Crippen LogP contribution is 2.31. The second-order valence-electron chi connectivity index (χ2n) is 3.44. The standard InChI is InChI=1S/C11H14F2N2O3/c1-17-8(16)3-7-9(10(12)13)6(4-14)5-15-11(7)18-2/h5,10H,3-4,14H2,1-2H3. The molecule has 0 aromatic carbocycles. The Morgan fingerprint density at radius 1 is 1.50 bits per heavy atom. The number of carbonyl (C=O) groups is 1. The molecular weight excluding hydrogens is 246 g/mol. The minimum atomic E-state index is -2.76. The quantitative estimate of drug-likeness (QED) is 0.805. The highest BCUT2D eigenvalue weighted by Gasteiger charge is 2.24. The molecule has 100 valence electrons. The van der Waals surface area contributed by atoms with Crippen molar-refractivity contribution in [3.8, 4) is 5.88 Å². The molecule has 0 aliphatic carbocycles. The van der Waals surface area contributed by atoms with Crippen molar-refractivity contribution in [1.29, 1.82) is 0 Å². The summed E-state index contributed by atoms with van der Waals surface area (Å²) in [6.07, 6.45) is -1.87. The van der Waals surface area contributed by atoms with Crippen LogP contribution in [-0.4, -0.2) is 25.2 Å². The van der Waals surface area contributed by atoms with Crippen LogP contribution in [0.2, 0.25) is 0 Å². The molecule has 0 bridgehead atoms. The first kappa shape index (κ1) is 14.3. The van der Waals surface area contributed by atoms with Gasteiger partial charge in [-0.05, 0) is 5.56 Å². The number of hydrogen-bond acceptors (Lipinski definition) is 5. The van der Waals surface area contributed by atoms with Crippen LogP contribution >= 0.6 is 0 Å². The van der Waals surface area contributed by atoms with E-state index in [4.69, 9.17) is 10.5 Å². The van der Waals surface area contributed by atoms with E-state index >= 15 is 0 Å². The van der Waals surface area contributed by atoms with Gasteiger partial charge in [0.15, 0.2) is 0 Å². The molecule has 2 N–H and O–H groups in total. The lowest BCUT2D eigenvalue weighted by Gasteiger charge is -2.15. The van der Waals surface area contributed by atoms with Crippen LogP contribution in [0, 0.1) is 0 Å². The Kier molecular flexibility index (Phi) is 4.96. The predicted molar refractivity (Wildman–Crippen MR) is 59.4 cm³/mol. The summed E-state index contributed by atoms with van der Waals surface area (Å²) in [5.74, 6) is -0.668. The van der Waals surface area contributed by atoms with Gasteiger partial charge in [0.25, 0.3) is 6.43 Å². The molecule has 5 nitrogen and oxygen atoms in total. The molecule has 0 radical (unpaired) electrons. The fourth-order valence-electron chi connectivity index (χ4n) is 1.59. The average molecular weight is 260 g/mol. The summed E-state index contributed by atoms with van der Waals surface area (Å²) in [4.78, 5) is 15.1. The van der Waals surface area contributed by atoms with E-state index < -0.39 is 12.4 Å². The van der Waals surface area contributed by atoms with E-state index in [0.717, 1.165) is 0 Å². The first-order chi connectivity index (χ1) is 8.54. The van der Waals surface area contributed by atoms with Gasteiger partial charge in [0.05, 0.1) is 20.6 Å². The molecule has 1 rings (SSSR count). The van der Waals surface area contributed by atoms with Crippen molar-refractivity contribution >= 4 is 5.97 Å². The van der Waals surface area contributed by atoms with Gasteiger partial charge in [-0.2, -0.15) is 0 Å². The summed E-state index contributed by atoms with van der Waals surface area (Å²) in [5.41, 5.74) is 5.27. The number of alkyl halides is 2. The summed E-state index contributed by atoms with van der Waals surface area (Å²) >= 11 is 0. The predicted octanol–water partition coefficient (Wildman–Crippen LogP) is 1.20. The SMILES string of the molecule is COC(=O)Cc1c(OC)ncc(CN)c1C(F)F. The van der Waals surface area contributed by atoms with Crippen LogP contribution < -0.4 is 10.5 Å². The van der Waals surface area contributed by atoms with Crippen LogP contribution in [-0.2, 0) is 22.5 Å². The summed E-state index contributed by atoms with van der Waals surface area (Å²) < 4.78 is 35.5. The Bertz CT molecular complexity index is 439. The lowest BCUT2D eigenvalue weighted by Crippen LogP contribution is -2.13. The van der Waals surface area contributed by atoms with Crippen LogP contribution in [0.4, 0.5) is 8.78 Å². The smallest absolute Gasteiger partial charge is 0.310 e. The number of esters is 1. The van der Waals surface area contributed by atoms with Crippen LogP contribution in [0.25, 0.3) is 0 Å². The number of aromatic nitrogens is 1. The van der Waals surface area contributed by atoms with Crippen molar-refractivity contribution in [2.75, 3.05) is 14.2 Å². The molecule has 0 saturated heterocycles. The molecule has 1 heterocycles. The monoisotopic (exact) mass is 260 g/mol. The van der Waals surface area contributed by atoms with Crippen molar-refractivity contribution in [3.63, 3.8) is 0 Å². The number of methoxy groups -OCH3 is 2. The Balaban J connectivity index is 3.35. The number of ether oxygens (including phenoxy) is 2. The minimum absolute atomic E-state index is 0.0160. The normalized spacial score (nSPS) is 10.6. The number of hydrogen-bond donors (Lipinski definition) is 1. The summed E-state index contributed by atoms with van der Waals surface area (Å²) in [5, 5.41) is 0. The summed E-state index contributed by atoms with van der Waals surface area (Å²) in [7, 11) is 2.47. The number of nitrogens with zero attached hydrogens (tertiary/aromatic N) is 1. The van der Waals surface area contributed by atoms with Crippen molar-refractivity contribution in [2.24, 2.45) is 5.73 Å². The van der Waals surface area contributed by atoms with Gasteiger partial charge >= 0.3 is 5.97 Å². The number of rotatable bonds is 5. The van der Waals surface area contributed by atoms with E-state index in [2.05, 4.69) is 9.72 Å². The van der Waals surface area contributed by atoms with Crippen molar-refractivity contribution < 1.29 is 23.0 Å². The van der Waals surface area contributed by atoms with E-state index in [1.807, 2.05) is 0 Å². The van der Waals surface area contributed by atoms with E-state index in [0.29, 0.717) is 0 Å². The van der Waals surface area contributed by atoms with Gasteiger partial charge in [-0.1, -0.05) is 0 Å². The van der Waals surface area contributed by atoms with E-state index in [-0.39, 0.29) is 35.5 Å². The van der Waals surface area contributed by atoms with Gasteiger partial charge in [0.2, 0.25) is 5.88 Å². The molecule has 0 aliphatic rings. The fourth-order valence-corrected chi connectivity index (χ4v) is 1.59. The van der Waals surface area contributed by atoms with Crippen LogP contribution in [0.5, 0.6) is 5.88 Å². The van der Waals surface area contributed by atoms with Crippen LogP contribution in [0.3, 0.4) is 0 Å². The molecule has 0 spiro atoms. The van der Waals surface area contributed by atoms with E-state index in [9.17, 15) is 13.6 Å². The van der Waals surface area contributed by atoms with E-state index in [1.54, 1.807) is 0 Å². The average Bonchev–Trinajstić information content (AvgIpc) is 2.37. The largest absolute Gasteiger partial charge is 0.481 e. The maximum absolute atomic E-state index is 13.1. The molecule has 18 heavy (non-hydrogen) atoms. The van der Waals surface area contributed by atoms with Crippen molar-refractivity contribution in [2.45, 2.75) is 19.4 Å². The lowest BCUT2D eigenvalue weighted by molar-refractivity contribution is -0.139. The highest BCUT2D eigenvalue weighted by atomic mass is 19.3. The third-order valence-corrected chi connectivity index (χ3v) is 2.45. The van der Waals surface area contributed by atoms with Gasteiger partial charge in [0, 0.05) is 23.9 Å². The van der Waals surface area contributed by atoms with Crippen LogP contribution in [0.15, 0.2) is 6.20 Å². The third kappa shape index (κ3) is 2.92. The maximum Gasteiger partial charge on any atom is 0.310 e. The third-order valence-electron chi connectivity index (χ3n) is 2.45. The summed E-state index contributed by atoms with van der Waals surface area (Å²) in [6.45, 7) is -0.0924. The van der Waals surface area contributed by atoms with Crippen LogP contribution in [0.1, 0.15) is 23.1 Å². The zero-order valence-electron chi connectivity index (χ0n) is 10.1. The number of pyridine rings is 1. The molecule has 0 atom stereocenters. The Labute approximate surface area is 103 Å². The van der Waals surface area contributed by atoms with Gasteiger partial charge in [-0.15, -0.1) is 0 Å². The minimum Gasteiger partial charge on any atom is -0.481 e. The molecule has 0 amide bonds. The molecule has 0 unspecified atom stereocenters.